The molecule has 88 valence electrons. The third-order valence-corrected chi connectivity index (χ3v) is 4.59. The SMILES string of the molecule is O=S(=O)(Cl)c1c2c(nn1C1CC1)CCCC2. The highest BCUT2D eigenvalue weighted by atomic mass is 35.7. The molecule has 0 spiro atoms. The molecule has 1 fully saturated rings. The summed E-state index contributed by atoms with van der Waals surface area (Å²) in [5, 5.41) is 4.70. The number of fused-ring (bicyclic) bond motifs is 1. The summed E-state index contributed by atoms with van der Waals surface area (Å²) in [6, 6.07) is 0.258. The summed E-state index contributed by atoms with van der Waals surface area (Å²) in [6.07, 6.45) is 5.83. The summed E-state index contributed by atoms with van der Waals surface area (Å²) in [7, 11) is 1.86. The van der Waals surface area contributed by atoms with Gasteiger partial charge in [0.05, 0.1) is 11.7 Å². The Kier molecular flexibility index (Phi) is 2.30. The van der Waals surface area contributed by atoms with E-state index in [9.17, 15) is 8.42 Å². The number of hydrogen-bond donors (Lipinski definition) is 0. The van der Waals surface area contributed by atoms with Gasteiger partial charge in [0.15, 0.2) is 5.03 Å². The maximum Gasteiger partial charge on any atom is 0.278 e. The van der Waals surface area contributed by atoms with Gasteiger partial charge in [-0.2, -0.15) is 5.10 Å². The topological polar surface area (TPSA) is 52.0 Å². The zero-order valence-corrected chi connectivity index (χ0v) is 10.4. The molecule has 3 rings (SSSR count). The van der Waals surface area contributed by atoms with Gasteiger partial charge in [-0.05, 0) is 38.5 Å². The molecule has 0 N–H and O–H groups in total. The first-order valence-corrected chi connectivity index (χ1v) is 7.93. The fourth-order valence-corrected chi connectivity index (χ4v) is 3.79. The molecular formula is C10H13ClN2O2S. The van der Waals surface area contributed by atoms with Crippen molar-refractivity contribution in [2.45, 2.75) is 49.6 Å². The smallest absolute Gasteiger partial charge is 0.249 e. The van der Waals surface area contributed by atoms with Crippen molar-refractivity contribution in [3.8, 4) is 0 Å². The van der Waals surface area contributed by atoms with E-state index in [4.69, 9.17) is 10.7 Å². The van der Waals surface area contributed by atoms with E-state index in [-0.39, 0.29) is 11.1 Å². The second-order valence-electron chi connectivity index (χ2n) is 4.55. The van der Waals surface area contributed by atoms with Crippen molar-refractivity contribution in [2.24, 2.45) is 0 Å². The average molecular weight is 261 g/mol. The minimum Gasteiger partial charge on any atom is -0.249 e. The summed E-state index contributed by atoms with van der Waals surface area (Å²) in [4.78, 5) is 0. The van der Waals surface area contributed by atoms with Gasteiger partial charge >= 0.3 is 0 Å². The zero-order valence-electron chi connectivity index (χ0n) is 8.82. The Balaban J connectivity index is 2.21. The fraction of sp³-hybridized carbons (Fsp3) is 0.700. The van der Waals surface area contributed by atoms with Gasteiger partial charge in [0.2, 0.25) is 0 Å². The zero-order chi connectivity index (χ0) is 11.3. The molecule has 16 heavy (non-hydrogen) atoms. The Morgan fingerprint density at radius 1 is 1.25 bits per heavy atom. The van der Waals surface area contributed by atoms with Crippen LogP contribution < -0.4 is 0 Å². The van der Waals surface area contributed by atoms with Crippen molar-refractivity contribution in [1.82, 2.24) is 9.78 Å². The maximum atomic E-state index is 11.6. The van der Waals surface area contributed by atoms with Crippen molar-refractivity contribution >= 4 is 19.7 Å². The van der Waals surface area contributed by atoms with Gasteiger partial charge in [-0.15, -0.1) is 0 Å². The summed E-state index contributed by atoms with van der Waals surface area (Å²) in [5.41, 5.74) is 1.81. The molecule has 0 radical (unpaired) electrons. The first kappa shape index (κ1) is 10.6. The Morgan fingerprint density at radius 3 is 2.56 bits per heavy atom. The molecule has 0 amide bonds. The van der Waals surface area contributed by atoms with Gasteiger partial charge in [0, 0.05) is 16.2 Å². The highest BCUT2D eigenvalue weighted by molar-refractivity contribution is 8.13. The monoisotopic (exact) mass is 260 g/mol. The lowest BCUT2D eigenvalue weighted by molar-refractivity contribution is 0.550. The molecule has 0 atom stereocenters. The third kappa shape index (κ3) is 1.66. The van der Waals surface area contributed by atoms with Crippen molar-refractivity contribution in [3.63, 3.8) is 0 Å². The number of aryl methyl sites for hydroxylation is 1. The van der Waals surface area contributed by atoms with E-state index in [0.717, 1.165) is 49.8 Å². The standard InChI is InChI=1S/C10H13ClN2O2S/c11-16(14,15)10-8-3-1-2-4-9(8)12-13(10)7-5-6-7/h7H,1-6H2. The number of hydrogen-bond acceptors (Lipinski definition) is 3. The number of rotatable bonds is 2. The molecule has 6 heteroatoms. The van der Waals surface area contributed by atoms with Crippen LogP contribution in [-0.4, -0.2) is 18.2 Å². The number of aromatic nitrogens is 2. The van der Waals surface area contributed by atoms with Gasteiger partial charge in [-0.3, -0.25) is 0 Å². The van der Waals surface area contributed by atoms with E-state index in [1.165, 1.54) is 0 Å². The van der Waals surface area contributed by atoms with Crippen LogP contribution in [0.25, 0.3) is 0 Å². The van der Waals surface area contributed by atoms with Gasteiger partial charge < -0.3 is 0 Å². The summed E-state index contributed by atoms with van der Waals surface area (Å²) < 4.78 is 24.9. The highest BCUT2D eigenvalue weighted by Crippen LogP contribution is 2.40. The molecule has 2 aliphatic rings. The van der Waals surface area contributed by atoms with E-state index in [1.807, 2.05) is 0 Å². The third-order valence-electron chi connectivity index (χ3n) is 3.26. The summed E-state index contributed by atoms with van der Waals surface area (Å²) in [5.74, 6) is 0. The lowest BCUT2D eigenvalue weighted by atomic mass is 9.99. The average Bonchev–Trinajstić information content (AvgIpc) is 2.96. The van der Waals surface area contributed by atoms with E-state index in [0.29, 0.717) is 0 Å². The Hall–Kier alpha value is -0.550. The van der Waals surface area contributed by atoms with Gasteiger partial charge in [0.25, 0.3) is 9.05 Å². The van der Waals surface area contributed by atoms with E-state index in [1.54, 1.807) is 4.68 Å². The molecular weight excluding hydrogens is 248 g/mol. The molecule has 1 heterocycles. The molecule has 0 aliphatic heterocycles. The second-order valence-corrected chi connectivity index (χ2v) is 7.03. The fourth-order valence-electron chi connectivity index (χ4n) is 2.37. The molecule has 4 nitrogen and oxygen atoms in total. The predicted molar refractivity (Wildman–Crippen MR) is 60.2 cm³/mol. The molecule has 1 aromatic rings. The first-order valence-electron chi connectivity index (χ1n) is 5.62. The van der Waals surface area contributed by atoms with Crippen molar-refractivity contribution in [3.05, 3.63) is 11.3 Å². The quantitative estimate of drug-likeness (QED) is 0.765. The van der Waals surface area contributed by atoms with Crippen LogP contribution in [0.5, 0.6) is 0 Å². The molecule has 1 aromatic heterocycles. The lowest BCUT2D eigenvalue weighted by Gasteiger charge is -2.09. The maximum absolute atomic E-state index is 11.6. The van der Waals surface area contributed by atoms with E-state index in [2.05, 4.69) is 5.10 Å². The van der Waals surface area contributed by atoms with E-state index >= 15 is 0 Å². The van der Waals surface area contributed by atoms with Crippen LogP contribution in [0.1, 0.15) is 43.0 Å². The Morgan fingerprint density at radius 2 is 1.94 bits per heavy atom. The first-order chi connectivity index (χ1) is 7.57. The largest absolute Gasteiger partial charge is 0.278 e. The van der Waals surface area contributed by atoms with Gasteiger partial charge in [-0.25, -0.2) is 13.1 Å². The van der Waals surface area contributed by atoms with Crippen LogP contribution in [0.2, 0.25) is 0 Å². The van der Waals surface area contributed by atoms with Crippen LogP contribution in [-0.2, 0) is 21.9 Å². The number of halogens is 1. The van der Waals surface area contributed by atoms with Crippen LogP contribution in [0.15, 0.2) is 5.03 Å². The number of nitrogens with zero attached hydrogens (tertiary/aromatic N) is 2. The second kappa shape index (κ2) is 3.47. The molecule has 2 aliphatic carbocycles. The Labute approximate surface area is 99.0 Å². The van der Waals surface area contributed by atoms with Crippen LogP contribution in [0.4, 0.5) is 0 Å². The van der Waals surface area contributed by atoms with Gasteiger partial charge in [0.1, 0.15) is 0 Å². The summed E-state index contributed by atoms with van der Waals surface area (Å²) >= 11 is 0. The van der Waals surface area contributed by atoms with Crippen molar-refractivity contribution < 1.29 is 8.42 Å². The van der Waals surface area contributed by atoms with Gasteiger partial charge in [-0.1, -0.05) is 0 Å². The molecule has 0 unspecified atom stereocenters. The molecule has 1 saturated carbocycles. The minimum atomic E-state index is -3.66. The minimum absolute atomic E-state index is 0.258. The van der Waals surface area contributed by atoms with Crippen LogP contribution in [0.3, 0.4) is 0 Å². The highest BCUT2D eigenvalue weighted by Gasteiger charge is 2.35. The van der Waals surface area contributed by atoms with E-state index < -0.39 is 9.05 Å². The Bertz CT molecular complexity index is 531. The predicted octanol–water partition coefficient (Wildman–Crippen LogP) is 2.02. The lowest BCUT2D eigenvalue weighted by Crippen LogP contribution is -2.07. The normalized spacial score (nSPS) is 20.8. The molecule has 0 bridgehead atoms. The van der Waals surface area contributed by atoms with Crippen LogP contribution in [0, 0.1) is 0 Å². The van der Waals surface area contributed by atoms with Crippen LogP contribution >= 0.6 is 10.7 Å². The summed E-state index contributed by atoms with van der Waals surface area (Å²) in [6.45, 7) is 0. The molecule has 0 aromatic carbocycles. The molecule has 0 saturated heterocycles. The van der Waals surface area contributed by atoms with Crippen molar-refractivity contribution in [2.75, 3.05) is 0 Å². The van der Waals surface area contributed by atoms with Crippen molar-refractivity contribution in [1.29, 1.82) is 0 Å².